The van der Waals surface area contributed by atoms with Crippen molar-refractivity contribution in [2.45, 2.75) is 33.6 Å². The van der Waals surface area contributed by atoms with Gasteiger partial charge in [-0.2, -0.15) is 0 Å². The molecule has 2 amide bonds. The third-order valence-corrected chi connectivity index (χ3v) is 4.86. The molecule has 0 bridgehead atoms. The molecule has 1 aliphatic heterocycles. The number of thioether (sulfide) groups is 1. The summed E-state index contributed by atoms with van der Waals surface area (Å²) in [5, 5.41) is 0. The highest BCUT2D eigenvalue weighted by Gasteiger charge is 2.38. The fourth-order valence-corrected chi connectivity index (χ4v) is 3.57. The maximum Gasteiger partial charge on any atom is 0.267 e. The molecular weight excluding hydrogens is 350 g/mol. The molecule has 0 N–H and O–H groups in total. The first-order valence-corrected chi connectivity index (χ1v) is 10.2. The number of benzene rings is 1. The van der Waals surface area contributed by atoms with Crippen LogP contribution in [-0.2, 0) is 14.3 Å². The van der Waals surface area contributed by atoms with Crippen LogP contribution in [0.15, 0.2) is 29.2 Å². The number of amides is 2. The first-order chi connectivity index (χ1) is 12.6. The molecule has 0 saturated carbocycles. The SMILES string of the molecule is CCCOc1ccc(C2=C(SCC)C(=O)N(CCCOCC)C2=O)cc1. The van der Waals surface area contributed by atoms with Crippen LogP contribution in [0.5, 0.6) is 5.75 Å². The number of ether oxygens (including phenoxy) is 2. The predicted octanol–water partition coefficient (Wildman–Crippen LogP) is 3.74. The molecule has 0 unspecified atom stereocenters. The third kappa shape index (κ3) is 4.89. The van der Waals surface area contributed by atoms with Crippen LogP contribution in [0.2, 0.25) is 0 Å². The van der Waals surface area contributed by atoms with Gasteiger partial charge in [-0.1, -0.05) is 26.0 Å². The standard InChI is InChI=1S/C20H27NO4S/c1-4-13-25-16-10-8-15(9-11-16)17-18(26-6-3)20(23)21(19(17)22)12-7-14-24-5-2/h8-11H,4-7,12-14H2,1-3H3. The molecule has 0 fully saturated rings. The van der Waals surface area contributed by atoms with Gasteiger partial charge in [0.2, 0.25) is 0 Å². The number of hydrogen-bond donors (Lipinski definition) is 0. The first kappa shape index (κ1) is 20.5. The second-order valence-electron chi connectivity index (χ2n) is 5.82. The Labute approximate surface area is 159 Å². The van der Waals surface area contributed by atoms with Crippen LogP contribution < -0.4 is 4.74 Å². The highest BCUT2D eigenvalue weighted by molar-refractivity contribution is 8.04. The van der Waals surface area contributed by atoms with Crippen molar-refractivity contribution in [3.63, 3.8) is 0 Å². The van der Waals surface area contributed by atoms with Gasteiger partial charge in [0.05, 0.1) is 17.1 Å². The van der Waals surface area contributed by atoms with E-state index in [1.165, 1.54) is 16.7 Å². The van der Waals surface area contributed by atoms with Gasteiger partial charge in [0.1, 0.15) is 5.75 Å². The highest BCUT2D eigenvalue weighted by Crippen LogP contribution is 2.36. The van der Waals surface area contributed by atoms with Crippen molar-refractivity contribution in [3.8, 4) is 5.75 Å². The van der Waals surface area contributed by atoms with Crippen LogP contribution >= 0.6 is 11.8 Å². The zero-order valence-corrected chi connectivity index (χ0v) is 16.6. The Morgan fingerprint density at radius 2 is 1.73 bits per heavy atom. The number of rotatable bonds is 11. The average Bonchev–Trinajstić information content (AvgIpc) is 2.88. The van der Waals surface area contributed by atoms with E-state index in [0.29, 0.717) is 43.3 Å². The van der Waals surface area contributed by atoms with Crippen molar-refractivity contribution in [1.29, 1.82) is 0 Å². The largest absolute Gasteiger partial charge is 0.494 e. The molecule has 0 radical (unpaired) electrons. The zero-order valence-electron chi connectivity index (χ0n) is 15.7. The molecule has 2 rings (SSSR count). The maximum atomic E-state index is 12.9. The summed E-state index contributed by atoms with van der Waals surface area (Å²) in [6.07, 6.45) is 1.58. The summed E-state index contributed by atoms with van der Waals surface area (Å²) in [4.78, 5) is 27.5. The van der Waals surface area contributed by atoms with Crippen LogP contribution in [0.1, 0.15) is 39.2 Å². The Kier molecular flexibility index (Phi) is 8.19. The molecule has 0 aromatic heterocycles. The number of hydrogen-bond acceptors (Lipinski definition) is 5. The second-order valence-corrected chi connectivity index (χ2v) is 7.10. The van der Waals surface area contributed by atoms with Crippen LogP contribution in [0.4, 0.5) is 0 Å². The van der Waals surface area contributed by atoms with E-state index in [2.05, 4.69) is 6.92 Å². The molecule has 0 aliphatic carbocycles. The summed E-state index contributed by atoms with van der Waals surface area (Å²) in [6.45, 7) is 8.17. The van der Waals surface area contributed by atoms with E-state index >= 15 is 0 Å². The van der Waals surface area contributed by atoms with E-state index in [1.54, 1.807) is 0 Å². The highest BCUT2D eigenvalue weighted by atomic mass is 32.2. The van der Waals surface area contributed by atoms with Gasteiger partial charge in [-0.25, -0.2) is 0 Å². The van der Waals surface area contributed by atoms with Crippen molar-refractivity contribution in [3.05, 3.63) is 34.7 Å². The molecule has 26 heavy (non-hydrogen) atoms. The maximum absolute atomic E-state index is 12.9. The van der Waals surface area contributed by atoms with Gasteiger partial charge in [0.25, 0.3) is 11.8 Å². The van der Waals surface area contributed by atoms with Gasteiger partial charge in [-0.15, -0.1) is 11.8 Å². The van der Waals surface area contributed by atoms with Crippen molar-refractivity contribution in [2.24, 2.45) is 0 Å². The van der Waals surface area contributed by atoms with Crippen LogP contribution in [0, 0.1) is 0 Å². The Bertz CT molecular complexity index is 654. The van der Waals surface area contributed by atoms with Gasteiger partial charge in [-0.3, -0.25) is 14.5 Å². The summed E-state index contributed by atoms with van der Waals surface area (Å²) in [5.74, 6) is 1.10. The minimum atomic E-state index is -0.218. The van der Waals surface area contributed by atoms with Gasteiger partial charge in [0.15, 0.2) is 0 Å². The number of carbonyl (C=O) groups is 2. The lowest BCUT2D eigenvalue weighted by Crippen LogP contribution is -2.33. The van der Waals surface area contributed by atoms with E-state index in [9.17, 15) is 9.59 Å². The molecule has 1 aromatic carbocycles. The average molecular weight is 378 g/mol. The summed E-state index contributed by atoms with van der Waals surface area (Å²) < 4.78 is 10.9. The van der Waals surface area contributed by atoms with Crippen LogP contribution in [0.3, 0.4) is 0 Å². The van der Waals surface area contributed by atoms with Crippen LogP contribution in [-0.4, -0.2) is 48.8 Å². The van der Waals surface area contributed by atoms with E-state index in [0.717, 1.165) is 23.5 Å². The summed E-state index contributed by atoms with van der Waals surface area (Å²) >= 11 is 1.42. The Morgan fingerprint density at radius 3 is 2.35 bits per heavy atom. The minimum Gasteiger partial charge on any atom is -0.494 e. The third-order valence-electron chi connectivity index (χ3n) is 3.90. The topological polar surface area (TPSA) is 55.8 Å². The monoisotopic (exact) mass is 377 g/mol. The minimum absolute atomic E-state index is 0.195. The molecule has 0 spiro atoms. The fraction of sp³-hybridized carbons (Fsp3) is 0.500. The molecule has 5 nitrogen and oxygen atoms in total. The normalized spacial score (nSPS) is 14.5. The molecule has 1 aliphatic rings. The summed E-state index contributed by atoms with van der Waals surface area (Å²) in [5.41, 5.74) is 1.26. The van der Waals surface area contributed by atoms with Crippen molar-refractivity contribution in [2.75, 3.05) is 32.1 Å². The Balaban J connectivity index is 2.19. The Hall–Kier alpha value is -1.79. The predicted molar refractivity (Wildman–Crippen MR) is 105 cm³/mol. The lowest BCUT2D eigenvalue weighted by Gasteiger charge is -2.15. The zero-order chi connectivity index (χ0) is 18.9. The molecule has 1 heterocycles. The fourth-order valence-electron chi connectivity index (χ4n) is 2.70. The summed E-state index contributed by atoms with van der Waals surface area (Å²) in [6, 6.07) is 7.40. The van der Waals surface area contributed by atoms with Crippen molar-refractivity contribution < 1.29 is 19.1 Å². The lowest BCUT2D eigenvalue weighted by atomic mass is 10.1. The first-order valence-electron chi connectivity index (χ1n) is 9.18. The Morgan fingerprint density at radius 1 is 1.00 bits per heavy atom. The van der Waals surface area contributed by atoms with E-state index < -0.39 is 0 Å². The van der Waals surface area contributed by atoms with Gasteiger partial charge < -0.3 is 9.47 Å². The quantitative estimate of drug-likeness (QED) is 0.434. The molecule has 1 aromatic rings. The van der Waals surface area contributed by atoms with E-state index in [1.807, 2.05) is 38.1 Å². The molecule has 0 saturated heterocycles. The summed E-state index contributed by atoms with van der Waals surface area (Å²) in [7, 11) is 0. The van der Waals surface area contributed by atoms with Crippen molar-refractivity contribution in [1.82, 2.24) is 4.90 Å². The lowest BCUT2D eigenvalue weighted by molar-refractivity contribution is -0.136. The number of nitrogens with zero attached hydrogens (tertiary/aromatic N) is 1. The molecule has 6 heteroatoms. The van der Waals surface area contributed by atoms with Crippen molar-refractivity contribution >= 4 is 29.1 Å². The van der Waals surface area contributed by atoms with E-state index in [-0.39, 0.29) is 11.8 Å². The number of imide groups is 1. The van der Waals surface area contributed by atoms with Crippen LogP contribution in [0.25, 0.3) is 5.57 Å². The molecule has 142 valence electrons. The van der Waals surface area contributed by atoms with Gasteiger partial charge >= 0.3 is 0 Å². The molecule has 0 atom stereocenters. The second kappa shape index (κ2) is 10.4. The number of carbonyl (C=O) groups excluding carboxylic acids is 2. The smallest absolute Gasteiger partial charge is 0.267 e. The van der Waals surface area contributed by atoms with Gasteiger partial charge in [-0.05, 0) is 43.2 Å². The molecular formula is C20H27NO4S. The van der Waals surface area contributed by atoms with Gasteiger partial charge in [0, 0.05) is 19.8 Å². The van der Waals surface area contributed by atoms with E-state index in [4.69, 9.17) is 9.47 Å².